The van der Waals surface area contributed by atoms with E-state index in [1.807, 2.05) is 11.8 Å². The number of nitrogens with zero attached hydrogens (tertiary/aromatic N) is 2. The third kappa shape index (κ3) is 4.92. The highest BCUT2D eigenvalue weighted by molar-refractivity contribution is 7.91. The Morgan fingerprint density at radius 3 is 2.38 bits per heavy atom. The van der Waals surface area contributed by atoms with Crippen LogP contribution in [0.1, 0.15) is 32.6 Å². The van der Waals surface area contributed by atoms with Crippen molar-refractivity contribution in [2.75, 3.05) is 44.8 Å². The molecule has 0 radical (unpaired) electrons. The number of carbonyl (C=O) groups excluding carboxylic acids is 2. The van der Waals surface area contributed by atoms with Gasteiger partial charge in [0.2, 0.25) is 5.91 Å². The molecule has 0 aromatic heterocycles. The van der Waals surface area contributed by atoms with Gasteiger partial charge in [-0.25, -0.2) is 8.42 Å². The number of hydrogen-bond acceptors (Lipinski definition) is 6. The number of esters is 1. The zero-order chi connectivity index (χ0) is 17.7. The van der Waals surface area contributed by atoms with Crippen LogP contribution in [0.5, 0.6) is 0 Å². The number of rotatable bonds is 6. The van der Waals surface area contributed by atoms with Gasteiger partial charge in [0.15, 0.2) is 9.84 Å². The first kappa shape index (κ1) is 19.2. The minimum Gasteiger partial charge on any atom is -0.469 e. The van der Waals surface area contributed by atoms with Crippen LogP contribution in [0, 0.1) is 5.92 Å². The first-order valence-corrected chi connectivity index (χ1v) is 10.5. The third-order valence-corrected chi connectivity index (χ3v) is 6.71. The Balaban J connectivity index is 1.88. The lowest BCUT2D eigenvalue weighted by molar-refractivity contribution is -0.149. The molecule has 1 amide bonds. The molecular formula is C16H28N2O5S. The second-order valence-electron chi connectivity index (χ2n) is 6.71. The highest BCUT2D eigenvalue weighted by Crippen LogP contribution is 2.21. The van der Waals surface area contributed by atoms with E-state index in [4.69, 9.17) is 4.74 Å². The van der Waals surface area contributed by atoms with E-state index in [-0.39, 0.29) is 41.9 Å². The first-order chi connectivity index (χ1) is 11.4. The molecule has 0 bridgehead atoms. The summed E-state index contributed by atoms with van der Waals surface area (Å²) in [6.45, 7) is 4.13. The van der Waals surface area contributed by atoms with E-state index in [0.717, 1.165) is 13.0 Å². The maximum absolute atomic E-state index is 12.6. The van der Waals surface area contributed by atoms with Gasteiger partial charge in [0, 0.05) is 19.1 Å². The Kier molecular flexibility index (Phi) is 6.62. The molecule has 2 rings (SSSR count). The molecule has 1 atom stereocenters. The molecule has 1 unspecified atom stereocenters. The number of hydrogen-bond donors (Lipinski definition) is 0. The quantitative estimate of drug-likeness (QED) is 0.634. The first-order valence-electron chi connectivity index (χ1n) is 8.66. The summed E-state index contributed by atoms with van der Waals surface area (Å²) in [5.41, 5.74) is 0. The van der Waals surface area contributed by atoms with Crippen LogP contribution in [-0.2, 0) is 24.2 Å². The maximum atomic E-state index is 12.6. The van der Waals surface area contributed by atoms with Crippen molar-refractivity contribution < 1.29 is 22.7 Å². The average Bonchev–Trinajstić information content (AvgIpc) is 2.93. The van der Waals surface area contributed by atoms with Gasteiger partial charge >= 0.3 is 5.97 Å². The summed E-state index contributed by atoms with van der Waals surface area (Å²) in [6.07, 6.45) is 2.75. The molecule has 0 aromatic rings. The van der Waals surface area contributed by atoms with Crippen molar-refractivity contribution in [2.45, 2.75) is 38.6 Å². The Labute approximate surface area is 144 Å². The summed E-state index contributed by atoms with van der Waals surface area (Å²) in [4.78, 5) is 27.9. The molecule has 2 aliphatic heterocycles. The summed E-state index contributed by atoms with van der Waals surface area (Å²) in [5, 5.41) is 0. The lowest BCUT2D eigenvalue weighted by Gasteiger charge is -2.34. The molecule has 2 heterocycles. The van der Waals surface area contributed by atoms with Gasteiger partial charge < -0.3 is 9.64 Å². The maximum Gasteiger partial charge on any atom is 0.308 e. The molecule has 2 fully saturated rings. The van der Waals surface area contributed by atoms with Crippen molar-refractivity contribution in [1.29, 1.82) is 0 Å². The topological polar surface area (TPSA) is 84.0 Å². The largest absolute Gasteiger partial charge is 0.469 e. The number of sulfone groups is 1. The van der Waals surface area contributed by atoms with Gasteiger partial charge in [-0.05, 0) is 32.2 Å². The van der Waals surface area contributed by atoms with Crippen LogP contribution in [0.25, 0.3) is 0 Å². The van der Waals surface area contributed by atoms with E-state index >= 15 is 0 Å². The Hall–Kier alpha value is -1.15. The lowest BCUT2D eigenvalue weighted by Crippen LogP contribution is -2.48. The molecule has 7 nitrogen and oxygen atoms in total. The summed E-state index contributed by atoms with van der Waals surface area (Å²) < 4.78 is 28.2. The van der Waals surface area contributed by atoms with Crippen LogP contribution in [0.15, 0.2) is 0 Å². The van der Waals surface area contributed by atoms with E-state index in [9.17, 15) is 18.0 Å². The molecule has 0 N–H and O–H groups in total. The molecule has 0 saturated carbocycles. The van der Waals surface area contributed by atoms with E-state index in [1.165, 1.54) is 7.11 Å². The van der Waals surface area contributed by atoms with Gasteiger partial charge in [-0.2, -0.15) is 0 Å². The van der Waals surface area contributed by atoms with Crippen molar-refractivity contribution >= 4 is 21.7 Å². The highest BCUT2D eigenvalue weighted by atomic mass is 32.2. The summed E-state index contributed by atoms with van der Waals surface area (Å²) in [5.74, 6) is 0.0779. The monoisotopic (exact) mass is 360 g/mol. The van der Waals surface area contributed by atoms with Crippen molar-refractivity contribution in [3.05, 3.63) is 0 Å². The zero-order valence-corrected chi connectivity index (χ0v) is 15.4. The minimum absolute atomic E-state index is 0.0241. The van der Waals surface area contributed by atoms with Gasteiger partial charge in [0.05, 0.1) is 31.1 Å². The van der Waals surface area contributed by atoms with Gasteiger partial charge in [-0.3, -0.25) is 14.5 Å². The number of carbonyl (C=O) groups is 2. The Morgan fingerprint density at radius 1 is 1.21 bits per heavy atom. The van der Waals surface area contributed by atoms with Crippen LogP contribution >= 0.6 is 0 Å². The lowest BCUT2D eigenvalue weighted by atomic mass is 9.97. The fourth-order valence-corrected chi connectivity index (χ4v) is 5.31. The van der Waals surface area contributed by atoms with Crippen LogP contribution in [-0.4, -0.2) is 80.9 Å². The molecule has 0 spiro atoms. The fraction of sp³-hybridized carbons (Fsp3) is 0.875. The molecule has 138 valence electrons. The fourth-order valence-electron chi connectivity index (χ4n) is 3.55. The predicted octanol–water partition coefficient (Wildman–Crippen LogP) is 0.297. The van der Waals surface area contributed by atoms with E-state index in [1.54, 1.807) is 4.90 Å². The van der Waals surface area contributed by atoms with Crippen molar-refractivity contribution in [1.82, 2.24) is 9.80 Å². The zero-order valence-electron chi connectivity index (χ0n) is 14.6. The van der Waals surface area contributed by atoms with Crippen molar-refractivity contribution in [3.8, 4) is 0 Å². The summed E-state index contributed by atoms with van der Waals surface area (Å²) >= 11 is 0. The second kappa shape index (κ2) is 8.29. The van der Waals surface area contributed by atoms with E-state index in [2.05, 4.69) is 0 Å². The molecule has 0 aromatic carbocycles. The van der Waals surface area contributed by atoms with E-state index in [0.29, 0.717) is 32.4 Å². The molecular weight excluding hydrogens is 332 g/mol. The highest BCUT2D eigenvalue weighted by Gasteiger charge is 2.34. The van der Waals surface area contributed by atoms with Crippen LogP contribution in [0.2, 0.25) is 0 Å². The third-order valence-electron chi connectivity index (χ3n) is 4.96. The molecule has 0 aliphatic carbocycles. The number of amides is 1. The summed E-state index contributed by atoms with van der Waals surface area (Å²) in [7, 11) is -1.57. The van der Waals surface area contributed by atoms with Crippen molar-refractivity contribution in [3.63, 3.8) is 0 Å². The molecule has 24 heavy (non-hydrogen) atoms. The van der Waals surface area contributed by atoms with Crippen molar-refractivity contribution in [2.24, 2.45) is 5.92 Å². The normalized spacial score (nSPS) is 24.3. The smallest absolute Gasteiger partial charge is 0.308 e. The predicted molar refractivity (Wildman–Crippen MR) is 90.2 cm³/mol. The van der Waals surface area contributed by atoms with Gasteiger partial charge in [-0.1, -0.05) is 6.92 Å². The van der Waals surface area contributed by atoms with Gasteiger partial charge in [0.25, 0.3) is 0 Å². The van der Waals surface area contributed by atoms with Crippen LogP contribution < -0.4 is 0 Å². The SMILES string of the molecule is CCCN(CC(=O)N1CCC(C(=O)OC)CC1)C1CCS(=O)(=O)C1. The number of ether oxygens (including phenoxy) is 1. The minimum atomic E-state index is -2.96. The molecule has 2 aliphatic rings. The van der Waals surface area contributed by atoms with Crippen LogP contribution in [0.3, 0.4) is 0 Å². The average molecular weight is 360 g/mol. The standard InChI is InChI=1S/C16H28N2O5S/c1-3-7-18(14-6-10-24(21,22)12-14)11-15(19)17-8-4-13(5-9-17)16(20)23-2/h13-14H,3-12H2,1-2H3. The van der Waals surface area contributed by atoms with Crippen LogP contribution in [0.4, 0.5) is 0 Å². The number of piperidine rings is 1. The van der Waals surface area contributed by atoms with E-state index < -0.39 is 9.84 Å². The molecule has 8 heteroatoms. The summed E-state index contributed by atoms with van der Waals surface area (Å²) in [6, 6.07) is -0.0495. The van der Waals surface area contributed by atoms with Gasteiger partial charge in [0.1, 0.15) is 0 Å². The number of likely N-dealkylation sites (tertiary alicyclic amines) is 1. The molecule has 2 saturated heterocycles. The number of methoxy groups -OCH3 is 1. The van der Waals surface area contributed by atoms with Gasteiger partial charge in [-0.15, -0.1) is 0 Å². The Morgan fingerprint density at radius 2 is 1.88 bits per heavy atom. The Bertz CT molecular complexity index is 555. The second-order valence-corrected chi connectivity index (χ2v) is 8.93.